The molecule has 0 spiro atoms. The molecule has 3 saturated heterocycles. The summed E-state index contributed by atoms with van der Waals surface area (Å²) >= 11 is 0. The average Bonchev–Trinajstić information content (AvgIpc) is 2.93. The Morgan fingerprint density at radius 1 is 1.06 bits per heavy atom. The van der Waals surface area contributed by atoms with Gasteiger partial charge in [-0.1, -0.05) is 18.2 Å². The van der Waals surface area contributed by atoms with E-state index >= 15 is 0 Å². The number of benzene rings is 1. The SMILES string of the molecule is O=CN1CCN2C3=C(N=N[C@](c4ccccc4O)(C4CCCN(C5CCNCC5)C4)C3)NC[C@H]2C1. The minimum Gasteiger partial charge on any atom is -0.508 e. The molecule has 9 heteroatoms. The molecular weight excluding hydrogens is 442 g/mol. The highest BCUT2D eigenvalue weighted by atomic mass is 16.3. The highest BCUT2D eigenvalue weighted by Crippen LogP contribution is 2.50. The van der Waals surface area contributed by atoms with Crippen molar-refractivity contribution in [1.29, 1.82) is 0 Å². The molecule has 188 valence electrons. The summed E-state index contributed by atoms with van der Waals surface area (Å²) in [6, 6.07) is 8.58. The number of phenolic OH excluding ortho intramolecular Hbond substituents is 1. The Labute approximate surface area is 207 Å². The van der Waals surface area contributed by atoms with Crippen molar-refractivity contribution in [1.82, 2.24) is 25.3 Å². The second-order valence-electron chi connectivity index (χ2n) is 10.8. The lowest BCUT2D eigenvalue weighted by atomic mass is 9.70. The molecule has 3 atom stereocenters. The highest BCUT2D eigenvalue weighted by molar-refractivity contribution is 5.48. The van der Waals surface area contributed by atoms with Crippen LogP contribution in [0.25, 0.3) is 0 Å². The summed E-state index contributed by atoms with van der Waals surface area (Å²) in [6.45, 7) is 7.32. The number of amides is 1. The molecule has 5 heterocycles. The van der Waals surface area contributed by atoms with Gasteiger partial charge in [-0.15, -0.1) is 5.11 Å². The second kappa shape index (κ2) is 9.43. The van der Waals surface area contributed by atoms with Crippen molar-refractivity contribution in [2.45, 2.75) is 49.7 Å². The summed E-state index contributed by atoms with van der Waals surface area (Å²) in [4.78, 5) is 18.4. The molecule has 0 radical (unpaired) electrons. The topological polar surface area (TPSA) is 95.8 Å². The smallest absolute Gasteiger partial charge is 0.209 e. The molecule has 9 nitrogen and oxygen atoms in total. The van der Waals surface area contributed by atoms with E-state index < -0.39 is 5.54 Å². The Bertz CT molecular complexity index is 1010. The van der Waals surface area contributed by atoms with Crippen molar-refractivity contribution in [3.63, 3.8) is 0 Å². The van der Waals surface area contributed by atoms with Crippen LogP contribution in [-0.2, 0) is 10.3 Å². The van der Waals surface area contributed by atoms with Crippen LogP contribution in [0.3, 0.4) is 0 Å². The van der Waals surface area contributed by atoms with Crippen LogP contribution in [-0.4, -0.2) is 90.7 Å². The Morgan fingerprint density at radius 3 is 2.74 bits per heavy atom. The lowest BCUT2D eigenvalue weighted by Gasteiger charge is -2.51. The normalized spacial score (nSPS) is 32.1. The molecule has 1 unspecified atom stereocenters. The first-order valence-corrected chi connectivity index (χ1v) is 13.3. The van der Waals surface area contributed by atoms with E-state index in [9.17, 15) is 9.90 Å². The first-order valence-electron chi connectivity index (χ1n) is 13.3. The zero-order chi connectivity index (χ0) is 23.8. The molecule has 35 heavy (non-hydrogen) atoms. The highest BCUT2D eigenvalue weighted by Gasteiger charge is 2.50. The maximum Gasteiger partial charge on any atom is 0.209 e. The number of phenols is 1. The third-order valence-electron chi connectivity index (χ3n) is 8.88. The number of hydrogen-bond donors (Lipinski definition) is 3. The maximum absolute atomic E-state index is 11.4. The fourth-order valence-electron chi connectivity index (χ4n) is 7.00. The van der Waals surface area contributed by atoms with E-state index in [4.69, 9.17) is 10.2 Å². The van der Waals surface area contributed by atoms with E-state index in [2.05, 4.69) is 20.4 Å². The molecule has 5 aliphatic rings. The fraction of sp³-hybridized carbons (Fsp3) is 0.654. The molecule has 5 aliphatic heterocycles. The Kier molecular flexibility index (Phi) is 6.14. The van der Waals surface area contributed by atoms with Crippen molar-refractivity contribution in [3.8, 4) is 5.75 Å². The molecular formula is C26H37N7O2. The molecule has 0 aliphatic carbocycles. The van der Waals surface area contributed by atoms with Crippen molar-refractivity contribution in [2.24, 2.45) is 16.1 Å². The van der Waals surface area contributed by atoms with E-state index in [0.29, 0.717) is 11.8 Å². The van der Waals surface area contributed by atoms with Crippen LogP contribution >= 0.6 is 0 Å². The van der Waals surface area contributed by atoms with Gasteiger partial charge in [0, 0.05) is 56.7 Å². The first-order chi connectivity index (χ1) is 17.2. The minimum absolute atomic E-state index is 0.237. The summed E-state index contributed by atoms with van der Waals surface area (Å²) in [6.07, 6.45) is 6.29. The standard InChI is InChI=1S/C26H37N7O2/c34-18-31-12-13-33-21(17-31)15-28-25-23(33)14-26(30-29-25,22-5-1-2-6-24(22)35)19-4-3-11-32(16-19)20-7-9-27-10-8-20/h1-2,5-6,18-21,27-28,35H,3-4,7-17H2/t19?,21-,26-/m0/s1. The molecule has 1 aromatic carbocycles. The van der Waals surface area contributed by atoms with Crippen LogP contribution in [0.15, 0.2) is 46.0 Å². The Hall–Kier alpha value is -2.65. The Morgan fingerprint density at radius 2 is 1.91 bits per heavy atom. The van der Waals surface area contributed by atoms with Crippen molar-refractivity contribution >= 4 is 6.41 Å². The third-order valence-corrected chi connectivity index (χ3v) is 8.88. The van der Waals surface area contributed by atoms with Gasteiger partial charge >= 0.3 is 0 Å². The molecule has 6 rings (SSSR count). The number of rotatable bonds is 4. The fourth-order valence-corrected chi connectivity index (χ4v) is 7.00. The minimum atomic E-state index is -0.596. The van der Waals surface area contributed by atoms with Gasteiger partial charge in [0.25, 0.3) is 0 Å². The molecule has 1 amide bonds. The lowest BCUT2D eigenvalue weighted by Crippen LogP contribution is -2.60. The zero-order valence-corrected chi connectivity index (χ0v) is 20.4. The van der Waals surface area contributed by atoms with Crippen LogP contribution in [0, 0.1) is 5.92 Å². The zero-order valence-electron chi connectivity index (χ0n) is 20.4. The van der Waals surface area contributed by atoms with Crippen molar-refractivity contribution in [2.75, 3.05) is 52.4 Å². The third kappa shape index (κ3) is 4.08. The number of aromatic hydroxyl groups is 1. The maximum atomic E-state index is 11.4. The van der Waals surface area contributed by atoms with Gasteiger partial charge in [-0.2, -0.15) is 5.11 Å². The number of nitrogens with zero attached hydrogens (tertiary/aromatic N) is 5. The van der Waals surface area contributed by atoms with E-state index in [0.717, 1.165) is 89.4 Å². The average molecular weight is 480 g/mol. The van der Waals surface area contributed by atoms with Gasteiger partial charge < -0.3 is 25.5 Å². The number of piperazine rings is 1. The summed E-state index contributed by atoms with van der Waals surface area (Å²) in [7, 11) is 0. The van der Waals surface area contributed by atoms with Crippen LogP contribution < -0.4 is 10.6 Å². The van der Waals surface area contributed by atoms with Gasteiger partial charge in [0.05, 0.1) is 11.7 Å². The number of para-hydroxylation sites is 1. The number of likely N-dealkylation sites (tertiary alicyclic amines) is 1. The molecule has 3 fully saturated rings. The number of piperidine rings is 2. The molecule has 0 saturated carbocycles. The Balaban J connectivity index is 1.34. The molecule has 3 N–H and O–H groups in total. The number of fused-ring (bicyclic) bond motifs is 2. The number of hydrogen-bond acceptors (Lipinski definition) is 8. The summed E-state index contributed by atoms with van der Waals surface area (Å²) in [5, 5.41) is 27.9. The summed E-state index contributed by atoms with van der Waals surface area (Å²) in [5.41, 5.74) is 1.48. The van der Waals surface area contributed by atoms with Crippen LogP contribution in [0.5, 0.6) is 5.75 Å². The van der Waals surface area contributed by atoms with Gasteiger partial charge in [-0.05, 0) is 51.4 Å². The largest absolute Gasteiger partial charge is 0.508 e. The lowest BCUT2D eigenvalue weighted by molar-refractivity contribution is -0.120. The predicted octanol–water partition coefficient (Wildman–Crippen LogP) is 1.82. The monoisotopic (exact) mass is 479 g/mol. The van der Waals surface area contributed by atoms with E-state index in [1.165, 1.54) is 18.5 Å². The van der Waals surface area contributed by atoms with E-state index in [-0.39, 0.29) is 12.0 Å². The van der Waals surface area contributed by atoms with Gasteiger partial charge in [0.2, 0.25) is 6.41 Å². The molecule has 0 bridgehead atoms. The van der Waals surface area contributed by atoms with Gasteiger partial charge in [0.15, 0.2) is 5.82 Å². The number of azo groups is 1. The van der Waals surface area contributed by atoms with Crippen LogP contribution in [0.4, 0.5) is 0 Å². The molecule has 1 aromatic rings. The van der Waals surface area contributed by atoms with Gasteiger partial charge in [0.1, 0.15) is 11.3 Å². The van der Waals surface area contributed by atoms with Crippen molar-refractivity contribution < 1.29 is 9.90 Å². The summed E-state index contributed by atoms with van der Waals surface area (Å²) in [5.74, 6) is 1.44. The first kappa shape index (κ1) is 22.8. The predicted molar refractivity (Wildman–Crippen MR) is 133 cm³/mol. The van der Waals surface area contributed by atoms with E-state index in [1.807, 2.05) is 23.1 Å². The van der Waals surface area contributed by atoms with Crippen molar-refractivity contribution in [3.05, 3.63) is 41.3 Å². The van der Waals surface area contributed by atoms with Gasteiger partial charge in [-0.25, -0.2) is 0 Å². The van der Waals surface area contributed by atoms with E-state index in [1.54, 1.807) is 6.07 Å². The second-order valence-corrected chi connectivity index (χ2v) is 10.8. The number of nitrogens with one attached hydrogen (secondary N) is 2. The quantitative estimate of drug-likeness (QED) is 0.571. The number of carbonyl (C=O) groups is 1. The van der Waals surface area contributed by atoms with Crippen LogP contribution in [0.2, 0.25) is 0 Å². The summed E-state index contributed by atoms with van der Waals surface area (Å²) < 4.78 is 0. The molecule has 0 aromatic heterocycles. The number of carbonyl (C=O) groups excluding carboxylic acids is 1. The van der Waals surface area contributed by atoms with Gasteiger partial charge in [-0.3, -0.25) is 9.69 Å². The van der Waals surface area contributed by atoms with Crippen LogP contribution in [0.1, 0.15) is 37.7 Å².